The maximum atomic E-state index is 14.4. The average Bonchev–Trinajstić information content (AvgIpc) is 4.20. The van der Waals surface area contributed by atoms with E-state index < -0.39 is 23.6 Å². The van der Waals surface area contributed by atoms with Crippen molar-refractivity contribution in [2.75, 3.05) is 46.6 Å². The van der Waals surface area contributed by atoms with Crippen molar-refractivity contribution in [3.8, 4) is 27.8 Å². The van der Waals surface area contributed by atoms with Crippen molar-refractivity contribution in [3.63, 3.8) is 0 Å². The van der Waals surface area contributed by atoms with Gasteiger partial charge >= 0.3 is 0 Å². The lowest BCUT2D eigenvalue weighted by molar-refractivity contribution is -0.134. The summed E-state index contributed by atoms with van der Waals surface area (Å²) in [5.41, 5.74) is 8.71. The Morgan fingerprint density at radius 1 is 0.932 bits per heavy atom. The lowest BCUT2D eigenvalue weighted by atomic mass is 9.88. The van der Waals surface area contributed by atoms with Crippen LogP contribution in [0.1, 0.15) is 93.0 Å². The van der Waals surface area contributed by atoms with Crippen LogP contribution < -0.4 is 14.8 Å². The molecular formula is C57H64N6O9S. The molecule has 4 heterocycles. The number of likely N-dealkylation sites (N-methyl/N-ethyl adjacent to an activating group) is 1. The second-order valence-corrected chi connectivity index (χ2v) is 19.8. The quantitative estimate of drug-likeness (QED) is 0.0435. The van der Waals surface area contributed by atoms with Crippen LogP contribution in [0.3, 0.4) is 0 Å². The third kappa shape index (κ3) is 12.2. The molecule has 2 aliphatic heterocycles. The lowest BCUT2D eigenvalue weighted by Crippen LogP contribution is -2.48. The maximum absolute atomic E-state index is 14.4. The molecule has 3 N–H and O–H groups in total. The molecule has 0 saturated carbocycles. The number of phenols is 1. The molecule has 0 unspecified atom stereocenters. The smallest absolute Gasteiger partial charge is 0.257 e. The molecular weight excluding hydrogens is 945 g/mol. The van der Waals surface area contributed by atoms with Crippen molar-refractivity contribution >= 4 is 46.0 Å². The predicted molar refractivity (Wildman–Crippen MR) is 281 cm³/mol. The highest BCUT2D eigenvalue weighted by Gasteiger charge is 2.48. The minimum Gasteiger partial charge on any atom is -0.508 e. The first kappa shape index (κ1) is 52.2. The first-order valence-electron chi connectivity index (χ1n) is 24.9. The molecule has 1 fully saturated rings. The first-order valence-corrected chi connectivity index (χ1v) is 25.7. The van der Waals surface area contributed by atoms with E-state index in [9.17, 15) is 24.6 Å². The number of aromatic hydroxyl groups is 1. The van der Waals surface area contributed by atoms with Gasteiger partial charge in [-0.1, -0.05) is 99.6 Å². The number of carbonyl (C=O) groups is 3. The molecule has 73 heavy (non-hydrogen) atoms. The summed E-state index contributed by atoms with van der Waals surface area (Å²) in [5.74, 6) is 0.220. The average molecular weight is 1010 g/mol. The van der Waals surface area contributed by atoms with Crippen LogP contribution in [-0.2, 0) is 24.7 Å². The molecule has 4 atom stereocenters. The number of rotatable bonds is 22. The fourth-order valence-corrected chi connectivity index (χ4v) is 10.2. The minimum atomic E-state index is -1.22. The number of β-amino-alcohol motifs (C(OH)–C–C–N with tert-alkyl or cyclic N) is 1. The van der Waals surface area contributed by atoms with Crippen LogP contribution in [0.2, 0.25) is 0 Å². The number of nitrogens with zero attached hydrogens (tertiary/aromatic N) is 5. The van der Waals surface area contributed by atoms with Gasteiger partial charge in [-0.15, -0.1) is 11.3 Å². The number of aliphatic hydroxyl groups excluding tert-OH is 1. The van der Waals surface area contributed by atoms with E-state index in [-0.39, 0.29) is 61.4 Å². The Balaban J connectivity index is 0.767. The Hall–Kier alpha value is -7.14. The van der Waals surface area contributed by atoms with E-state index in [1.165, 1.54) is 5.57 Å². The number of amides is 3. The van der Waals surface area contributed by atoms with Crippen LogP contribution in [0.4, 0.5) is 0 Å². The number of aliphatic hydroxyl groups is 1. The zero-order valence-electron chi connectivity index (χ0n) is 42.2. The summed E-state index contributed by atoms with van der Waals surface area (Å²) in [7, 11) is 1.76. The summed E-state index contributed by atoms with van der Waals surface area (Å²) in [6.07, 6.45) is 1.07. The molecule has 6 aromatic rings. The Bertz CT molecular complexity index is 2900. The fraction of sp³-hybridized carbons (Fsp3) is 0.368. The molecule has 0 spiro atoms. The van der Waals surface area contributed by atoms with Crippen molar-refractivity contribution in [1.82, 2.24) is 25.3 Å². The van der Waals surface area contributed by atoms with Crippen molar-refractivity contribution in [3.05, 3.63) is 148 Å². The molecule has 8 rings (SSSR count). The molecule has 382 valence electrons. The van der Waals surface area contributed by atoms with E-state index in [2.05, 4.69) is 34.5 Å². The molecule has 0 bridgehead atoms. The Morgan fingerprint density at radius 2 is 1.64 bits per heavy atom. The molecule has 4 aromatic carbocycles. The largest absolute Gasteiger partial charge is 0.508 e. The van der Waals surface area contributed by atoms with Gasteiger partial charge < -0.3 is 44.1 Å². The van der Waals surface area contributed by atoms with Gasteiger partial charge in [-0.25, -0.2) is 9.98 Å². The summed E-state index contributed by atoms with van der Waals surface area (Å²) in [5, 5.41) is 27.8. The van der Waals surface area contributed by atoms with E-state index in [0.717, 1.165) is 44.8 Å². The molecule has 0 aliphatic carbocycles. The van der Waals surface area contributed by atoms with Gasteiger partial charge in [-0.2, -0.15) is 0 Å². The Morgan fingerprint density at radius 3 is 2.32 bits per heavy atom. The molecule has 2 aliphatic rings. The van der Waals surface area contributed by atoms with Gasteiger partial charge in [-0.05, 0) is 101 Å². The zero-order chi connectivity index (χ0) is 51.6. The highest BCUT2D eigenvalue weighted by molar-refractivity contribution is 7.13. The summed E-state index contributed by atoms with van der Waals surface area (Å²) in [4.78, 5) is 54.3. The summed E-state index contributed by atoms with van der Waals surface area (Å²) >= 11 is 1.56. The summed E-state index contributed by atoms with van der Waals surface area (Å²) in [6, 6.07) is 34.2. The number of benzene rings is 4. The monoisotopic (exact) mass is 1010 g/mol. The van der Waals surface area contributed by atoms with Gasteiger partial charge in [-0.3, -0.25) is 14.4 Å². The van der Waals surface area contributed by atoms with Gasteiger partial charge in [0.15, 0.2) is 11.3 Å². The molecule has 2 aromatic heterocycles. The second-order valence-electron chi connectivity index (χ2n) is 18.9. The number of hydrogen-bond donors (Lipinski definition) is 3. The van der Waals surface area contributed by atoms with Gasteiger partial charge in [0, 0.05) is 39.1 Å². The Kier molecular flexibility index (Phi) is 16.9. The molecule has 1 saturated heterocycles. The SMILES string of the molecule is CC/C(=C(/c1ccc(O)cc1)c1ccc(OCCN(C)C(=O)CCCOCCOc2cc([C@@H](C(=O)N3C[C@H](O)C[C@H]3C3=N[C@](C)(c4ccc(-c5scnc5C)cc4)C(=O)N3)C(C)C)on2)cc1)c1ccccc1. The number of carbonyl (C=O) groups excluding carboxylic acids is 3. The van der Waals surface area contributed by atoms with Crippen molar-refractivity contribution < 1.29 is 43.3 Å². The minimum absolute atomic E-state index is 0.0155. The molecule has 15 nitrogen and oxygen atoms in total. The Labute approximate surface area is 430 Å². The van der Waals surface area contributed by atoms with Crippen LogP contribution in [0.5, 0.6) is 17.4 Å². The third-order valence-corrected chi connectivity index (χ3v) is 14.4. The fourth-order valence-electron chi connectivity index (χ4n) is 9.43. The number of ether oxygens (including phenoxy) is 3. The normalized spacial score (nSPS) is 18.3. The maximum Gasteiger partial charge on any atom is 0.257 e. The van der Waals surface area contributed by atoms with E-state index in [0.29, 0.717) is 55.5 Å². The van der Waals surface area contributed by atoms with Gasteiger partial charge in [0.1, 0.15) is 36.5 Å². The third-order valence-electron chi connectivity index (χ3n) is 13.5. The number of nitrogens with one attached hydrogen (secondary N) is 1. The number of thiazole rings is 1. The van der Waals surface area contributed by atoms with Crippen LogP contribution in [0.15, 0.2) is 124 Å². The molecule has 0 radical (unpaired) electrons. The second kappa shape index (κ2) is 23.6. The van der Waals surface area contributed by atoms with Crippen molar-refractivity contribution in [2.24, 2.45) is 10.9 Å². The number of hydrogen-bond acceptors (Lipinski definition) is 13. The zero-order valence-corrected chi connectivity index (χ0v) is 43.1. The van der Waals surface area contributed by atoms with Crippen molar-refractivity contribution in [2.45, 2.75) is 83.9 Å². The number of amidine groups is 1. The number of phenolic OH excluding ortho intramolecular Hbond substituents is 1. The van der Waals surface area contributed by atoms with E-state index in [4.69, 9.17) is 23.7 Å². The topological polar surface area (TPSA) is 189 Å². The molecule has 16 heteroatoms. The van der Waals surface area contributed by atoms with Gasteiger partial charge in [0.2, 0.25) is 11.8 Å². The number of aromatic nitrogens is 2. The number of likely N-dealkylation sites (tertiary alicyclic amines) is 1. The van der Waals surface area contributed by atoms with Crippen LogP contribution in [0.25, 0.3) is 21.6 Å². The van der Waals surface area contributed by atoms with Crippen LogP contribution >= 0.6 is 11.3 Å². The van der Waals surface area contributed by atoms with Crippen LogP contribution in [-0.4, -0.2) is 112 Å². The van der Waals surface area contributed by atoms with Gasteiger partial charge in [0.05, 0.1) is 41.4 Å². The number of aryl methyl sites for hydroxylation is 1. The predicted octanol–water partition coefficient (Wildman–Crippen LogP) is 9.04. The van der Waals surface area contributed by atoms with E-state index in [1.807, 2.05) is 99.6 Å². The number of aliphatic imine (C=N–C) groups is 1. The van der Waals surface area contributed by atoms with Crippen LogP contribution in [0, 0.1) is 12.8 Å². The lowest BCUT2D eigenvalue weighted by Gasteiger charge is -2.29. The molecule has 3 amide bonds. The highest BCUT2D eigenvalue weighted by atomic mass is 32.1. The first-order chi connectivity index (χ1) is 35.2. The number of allylic oxidation sites excluding steroid dienone is 1. The van der Waals surface area contributed by atoms with E-state index >= 15 is 0 Å². The highest BCUT2D eigenvalue weighted by Crippen LogP contribution is 2.38. The van der Waals surface area contributed by atoms with Crippen molar-refractivity contribution in [1.29, 1.82) is 0 Å². The van der Waals surface area contributed by atoms with E-state index in [1.54, 1.807) is 58.8 Å². The summed E-state index contributed by atoms with van der Waals surface area (Å²) in [6.45, 7) is 11.3. The van der Waals surface area contributed by atoms with Gasteiger partial charge in [0.25, 0.3) is 11.8 Å². The summed E-state index contributed by atoms with van der Waals surface area (Å²) < 4.78 is 23.3. The standard InChI is InChI=1S/C57H64N6O9S/c1-7-46(38-12-9-8-10-13-38)52(39-17-23-43(64)24-18-39)40-19-25-45(26-20-40)70-29-27-62(6)50(66)14-11-28-69-30-31-71-49-33-48(72-61-49)51(36(2)3)55(67)63-34-44(65)32-47(63)54-59-56(68)57(5,60-54)42-21-15-41(16-22-42)53-37(4)58-35-73-53/h8-10,12-13,15-26,33,35-36,44,47,51,64-65H,7,11,14,27-32,34H2,1-6H3,(H,59,60,68)/b52-46+/t44-,47+,51+,57-/m1/s1.